The van der Waals surface area contributed by atoms with E-state index >= 15 is 0 Å². The maximum atomic E-state index is 12.5. The Labute approximate surface area is 131 Å². The lowest BCUT2D eigenvalue weighted by molar-refractivity contribution is -0.126. The van der Waals surface area contributed by atoms with E-state index in [1.807, 2.05) is 6.92 Å². The largest absolute Gasteiger partial charge is 0.352 e. The molecule has 124 valence electrons. The molecule has 1 saturated heterocycles. The summed E-state index contributed by atoms with van der Waals surface area (Å²) in [4.78, 5) is 14.8. The Hall–Kier alpha value is -0.610. The average Bonchev–Trinajstić information content (AvgIpc) is 2.89. The number of rotatable bonds is 9. The van der Waals surface area contributed by atoms with E-state index in [9.17, 15) is 4.79 Å². The fourth-order valence-corrected chi connectivity index (χ4v) is 3.09. The van der Waals surface area contributed by atoms with Crippen LogP contribution in [0.2, 0.25) is 0 Å². The third kappa shape index (κ3) is 6.79. The molecule has 21 heavy (non-hydrogen) atoms. The molecule has 0 radical (unpaired) electrons. The monoisotopic (exact) mass is 297 g/mol. The van der Waals surface area contributed by atoms with Crippen molar-refractivity contribution in [3.8, 4) is 0 Å². The molecule has 0 bridgehead atoms. The van der Waals surface area contributed by atoms with E-state index in [-0.39, 0.29) is 18.0 Å². The molecular formula is C17H35N3O. The lowest BCUT2D eigenvalue weighted by atomic mass is 10.1. The van der Waals surface area contributed by atoms with E-state index in [4.69, 9.17) is 0 Å². The molecule has 0 aromatic carbocycles. The van der Waals surface area contributed by atoms with Crippen molar-refractivity contribution >= 4 is 5.91 Å². The Balaban J connectivity index is 2.55. The summed E-state index contributed by atoms with van der Waals surface area (Å²) < 4.78 is 0. The van der Waals surface area contributed by atoms with Crippen LogP contribution in [0, 0.1) is 5.92 Å². The van der Waals surface area contributed by atoms with E-state index in [0.717, 1.165) is 32.5 Å². The summed E-state index contributed by atoms with van der Waals surface area (Å²) in [6.45, 7) is 13.8. The van der Waals surface area contributed by atoms with Crippen LogP contribution in [-0.4, -0.2) is 48.6 Å². The lowest BCUT2D eigenvalue weighted by Gasteiger charge is -2.32. The van der Waals surface area contributed by atoms with Crippen molar-refractivity contribution in [2.75, 3.05) is 19.6 Å². The van der Waals surface area contributed by atoms with Crippen LogP contribution in [0.1, 0.15) is 60.3 Å². The summed E-state index contributed by atoms with van der Waals surface area (Å²) in [5.74, 6) is 0.754. The first-order valence-electron chi connectivity index (χ1n) is 8.71. The molecule has 4 heteroatoms. The van der Waals surface area contributed by atoms with Gasteiger partial charge in [0.25, 0.3) is 0 Å². The second kappa shape index (κ2) is 9.42. The second-order valence-electron chi connectivity index (χ2n) is 7.02. The fraction of sp³-hybridized carbons (Fsp3) is 0.941. The minimum absolute atomic E-state index is 0.0471. The van der Waals surface area contributed by atoms with Gasteiger partial charge in [-0.15, -0.1) is 0 Å². The lowest BCUT2D eigenvalue weighted by Crippen LogP contribution is -2.51. The van der Waals surface area contributed by atoms with Gasteiger partial charge in [-0.3, -0.25) is 9.69 Å². The fourth-order valence-electron chi connectivity index (χ4n) is 3.09. The van der Waals surface area contributed by atoms with Crippen LogP contribution in [0.5, 0.6) is 0 Å². The van der Waals surface area contributed by atoms with Gasteiger partial charge in [-0.1, -0.05) is 27.2 Å². The number of amides is 1. The number of hydrogen-bond donors (Lipinski definition) is 2. The molecule has 1 fully saturated rings. The molecule has 1 amide bonds. The topological polar surface area (TPSA) is 44.4 Å². The number of nitrogens with zero attached hydrogens (tertiary/aromatic N) is 1. The highest BCUT2D eigenvalue weighted by Gasteiger charge is 2.26. The van der Waals surface area contributed by atoms with Crippen molar-refractivity contribution < 1.29 is 4.79 Å². The minimum atomic E-state index is -0.0471. The van der Waals surface area contributed by atoms with Gasteiger partial charge in [0.15, 0.2) is 0 Å². The average molecular weight is 297 g/mol. The van der Waals surface area contributed by atoms with Gasteiger partial charge in [0.05, 0.1) is 6.04 Å². The van der Waals surface area contributed by atoms with Crippen LogP contribution >= 0.6 is 0 Å². The molecule has 1 aliphatic heterocycles. The molecule has 3 unspecified atom stereocenters. The summed E-state index contributed by atoms with van der Waals surface area (Å²) in [5.41, 5.74) is 0. The first-order valence-corrected chi connectivity index (χ1v) is 8.71. The Morgan fingerprint density at radius 1 is 1.33 bits per heavy atom. The predicted octanol–water partition coefficient (Wildman–Crippen LogP) is 2.39. The van der Waals surface area contributed by atoms with Gasteiger partial charge in [0, 0.05) is 25.2 Å². The highest BCUT2D eigenvalue weighted by atomic mass is 16.2. The SMILES string of the molecule is CCCC(C)NC(=O)C(C)N(CC(C)C)CC1CCCN1. The zero-order valence-electron chi connectivity index (χ0n) is 14.6. The van der Waals surface area contributed by atoms with E-state index in [0.29, 0.717) is 12.0 Å². The Kier molecular flexibility index (Phi) is 8.27. The quantitative estimate of drug-likeness (QED) is 0.687. The molecule has 1 rings (SSSR count). The maximum absolute atomic E-state index is 12.5. The van der Waals surface area contributed by atoms with Crippen LogP contribution < -0.4 is 10.6 Å². The number of carbonyl (C=O) groups excluding carboxylic acids is 1. The van der Waals surface area contributed by atoms with Gasteiger partial charge in [-0.05, 0) is 45.6 Å². The van der Waals surface area contributed by atoms with Gasteiger partial charge in [-0.25, -0.2) is 0 Å². The van der Waals surface area contributed by atoms with Crippen molar-refractivity contribution in [3.63, 3.8) is 0 Å². The first-order chi connectivity index (χ1) is 9.93. The molecule has 1 heterocycles. The summed E-state index contributed by atoms with van der Waals surface area (Å²) in [5, 5.41) is 6.70. The van der Waals surface area contributed by atoms with Gasteiger partial charge in [0.1, 0.15) is 0 Å². The number of nitrogens with one attached hydrogen (secondary N) is 2. The number of hydrogen-bond acceptors (Lipinski definition) is 3. The predicted molar refractivity (Wildman–Crippen MR) is 89.4 cm³/mol. The van der Waals surface area contributed by atoms with Crippen molar-refractivity contribution in [1.29, 1.82) is 0 Å². The third-order valence-electron chi connectivity index (χ3n) is 4.25. The summed E-state index contributed by atoms with van der Waals surface area (Å²) in [6, 6.07) is 0.775. The Morgan fingerprint density at radius 2 is 2.05 bits per heavy atom. The van der Waals surface area contributed by atoms with Crippen molar-refractivity contribution in [2.24, 2.45) is 5.92 Å². The molecule has 0 aromatic heterocycles. The van der Waals surface area contributed by atoms with E-state index < -0.39 is 0 Å². The van der Waals surface area contributed by atoms with E-state index in [1.54, 1.807) is 0 Å². The van der Waals surface area contributed by atoms with Gasteiger partial charge in [-0.2, -0.15) is 0 Å². The highest BCUT2D eigenvalue weighted by molar-refractivity contribution is 5.81. The molecule has 0 saturated carbocycles. The van der Waals surface area contributed by atoms with Crippen LogP contribution in [0.4, 0.5) is 0 Å². The van der Waals surface area contributed by atoms with E-state index in [1.165, 1.54) is 12.8 Å². The van der Waals surface area contributed by atoms with Gasteiger partial charge >= 0.3 is 0 Å². The van der Waals surface area contributed by atoms with Gasteiger partial charge < -0.3 is 10.6 Å². The molecule has 3 atom stereocenters. The zero-order valence-corrected chi connectivity index (χ0v) is 14.6. The molecule has 2 N–H and O–H groups in total. The highest BCUT2D eigenvalue weighted by Crippen LogP contribution is 2.12. The molecule has 0 spiro atoms. The molecule has 4 nitrogen and oxygen atoms in total. The van der Waals surface area contributed by atoms with Crippen molar-refractivity contribution in [1.82, 2.24) is 15.5 Å². The smallest absolute Gasteiger partial charge is 0.237 e. The van der Waals surface area contributed by atoms with Crippen LogP contribution in [-0.2, 0) is 4.79 Å². The maximum Gasteiger partial charge on any atom is 0.237 e. The summed E-state index contributed by atoms with van der Waals surface area (Å²) in [7, 11) is 0. The third-order valence-corrected chi connectivity index (χ3v) is 4.25. The molecule has 0 aromatic rings. The number of carbonyl (C=O) groups is 1. The van der Waals surface area contributed by atoms with Crippen molar-refractivity contribution in [2.45, 2.75) is 78.4 Å². The standard InChI is InChI=1S/C17H35N3O/c1-6-8-14(4)19-17(21)15(5)20(11-13(2)3)12-16-9-7-10-18-16/h13-16,18H,6-12H2,1-5H3,(H,19,21). The van der Waals surface area contributed by atoms with Crippen molar-refractivity contribution in [3.05, 3.63) is 0 Å². The van der Waals surface area contributed by atoms with Gasteiger partial charge in [0.2, 0.25) is 5.91 Å². The second-order valence-corrected chi connectivity index (χ2v) is 7.02. The first kappa shape index (κ1) is 18.4. The molecule has 1 aliphatic rings. The molecule has 0 aliphatic carbocycles. The Morgan fingerprint density at radius 3 is 2.57 bits per heavy atom. The van der Waals surface area contributed by atoms with Crippen LogP contribution in [0.15, 0.2) is 0 Å². The van der Waals surface area contributed by atoms with Crippen LogP contribution in [0.3, 0.4) is 0 Å². The van der Waals surface area contributed by atoms with E-state index in [2.05, 4.69) is 43.2 Å². The minimum Gasteiger partial charge on any atom is -0.352 e. The summed E-state index contributed by atoms with van der Waals surface area (Å²) >= 11 is 0. The Bertz CT molecular complexity index is 300. The zero-order chi connectivity index (χ0) is 15.8. The normalized spacial score (nSPS) is 21.8. The van der Waals surface area contributed by atoms with Crippen LogP contribution in [0.25, 0.3) is 0 Å². The molecular weight excluding hydrogens is 262 g/mol. The summed E-state index contributed by atoms with van der Waals surface area (Å²) in [6.07, 6.45) is 4.65.